The van der Waals surface area contributed by atoms with Crippen molar-refractivity contribution in [2.24, 2.45) is 15.9 Å². The maximum atomic E-state index is 11.4. The molecule has 7 N–H and O–H groups in total. The average Bonchev–Trinajstić information content (AvgIpc) is 2.47. The highest BCUT2D eigenvalue weighted by molar-refractivity contribution is 7.87. The molecule has 0 aliphatic rings. The third-order valence-corrected chi connectivity index (χ3v) is 3.29. The standard InChI is InChI=1S/C9H19N5O7S/c1-11-8(6(10)4-15)13-21-3-2-12-22(19,20)14-7(5-16)9(17)18/h6-7,12,14-16H,1-5,10H2,(H,17,18)/b13-8-. The SMILES string of the molecule is C=N/C(=N\OCCNS(=O)(=O)NC(CO)C(=O)O)C(N)CO. The van der Waals surface area contributed by atoms with E-state index >= 15 is 0 Å². The largest absolute Gasteiger partial charge is 0.480 e. The minimum atomic E-state index is -4.13. The van der Waals surface area contributed by atoms with E-state index in [1.165, 1.54) is 0 Å². The number of carboxylic acid groups (broad SMARTS) is 1. The van der Waals surface area contributed by atoms with Crippen LogP contribution in [0, 0.1) is 0 Å². The minimum absolute atomic E-state index is 0.0605. The smallest absolute Gasteiger partial charge is 0.324 e. The Morgan fingerprint density at radius 3 is 2.45 bits per heavy atom. The molecule has 0 saturated heterocycles. The lowest BCUT2D eigenvalue weighted by molar-refractivity contribution is -0.139. The summed E-state index contributed by atoms with van der Waals surface area (Å²) in [6.45, 7) is 1.40. The van der Waals surface area contributed by atoms with Crippen LogP contribution in [0.1, 0.15) is 0 Å². The zero-order valence-corrected chi connectivity index (χ0v) is 12.4. The fourth-order valence-electron chi connectivity index (χ4n) is 1.02. The molecular weight excluding hydrogens is 322 g/mol. The zero-order chi connectivity index (χ0) is 17.2. The van der Waals surface area contributed by atoms with E-state index in [4.69, 9.17) is 25.9 Å². The van der Waals surface area contributed by atoms with Gasteiger partial charge in [0.15, 0.2) is 5.84 Å². The van der Waals surface area contributed by atoms with Crippen LogP contribution in [0.4, 0.5) is 0 Å². The number of aliphatic carboxylic acids is 1. The predicted octanol–water partition coefficient (Wildman–Crippen LogP) is -3.79. The topological polar surface area (TPSA) is 196 Å². The number of hydrogen-bond donors (Lipinski definition) is 6. The Balaban J connectivity index is 4.27. The van der Waals surface area contributed by atoms with Gasteiger partial charge in [0, 0.05) is 6.54 Å². The van der Waals surface area contributed by atoms with Crippen LogP contribution in [0.5, 0.6) is 0 Å². The Kier molecular flexibility index (Phi) is 9.39. The van der Waals surface area contributed by atoms with Gasteiger partial charge in [-0.05, 0) is 6.72 Å². The molecule has 13 heteroatoms. The Hall–Kier alpha value is -1.64. The number of rotatable bonds is 11. The van der Waals surface area contributed by atoms with E-state index in [1.54, 1.807) is 4.72 Å². The van der Waals surface area contributed by atoms with Crippen LogP contribution in [0.25, 0.3) is 0 Å². The normalized spacial score (nSPS) is 15.1. The number of nitrogens with zero attached hydrogens (tertiary/aromatic N) is 2. The van der Waals surface area contributed by atoms with Crippen molar-refractivity contribution >= 4 is 28.7 Å². The van der Waals surface area contributed by atoms with Crippen LogP contribution < -0.4 is 15.2 Å². The van der Waals surface area contributed by atoms with Gasteiger partial charge in [-0.1, -0.05) is 5.16 Å². The summed E-state index contributed by atoms with van der Waals surface area (Å²) < 4.78 is 26.6. The molecule has 0 heterocycles. The van der Waals surface area contributed by atoms with Crippen molar-refractivity contribution in [2.45, 2.75) is 12.1 Å². The second kappa shape index (κ2) is 10.1. The Morgan fingerprint density at radius 1 is 1.36 bits per heavy atom. The number of carboxylic acids is 1. The first-order valence-corrected chi connectivity index (χ1v) is 7.39. The molecule has 0 aromatic rings. The second-order valence-electron chi connectivity index (χ2n) is 3.82. The van der Waals surface area contributed by atoms with Gasteiger partial charge < -0.3 is 25.9 Å². The minimum Gasteiger partial charge on any atom is -0.480 e. The monoisotopic (exact) mass is 341 g/mol. The van der Waals surface area contributed by atoms with Gasteiger partial charge in [-0.3, -0.25) is 4.79 Å². The number of nitrogens with two attached hydrogens (primary N) is 1. The number of carbonyl (C=O) groups is 1. The van der Waals surface area contributed by atoms with Crippen molar-refractivity contribution in [3.63, 3.8) is 0 Å². The van der Waals surface area contributed by atoms with Gasteiger partial charge >= 0.3 is 5.97 Å². The van der Waals surface area contributed by atoms with Crippen LogP contribution in [0.2, 0.25) is 0 Å². The summed E-state index contributed by atoms with van der Waals surface area (Å²) in [7, 11) is -4.13. The molecule has 0 aromatic carbocycles. The lowest BCUT2D eigenvalue weighted by Gasteiger charge is -2.12. The molecule has 0 radical (unpaired) electrons. The molecular formula is C9H19N5O7S. The van der Waals surface area contributed by atoms with Gasteiger partial charge in [-0.15, -0.1) is 0 Å². The average molecular weight is 341 g/mol. The van der Waals surface area contributed by atoms with Crippen molar-refractivity contribution in [2.75, 3.05) is 26.4 Å². The van der Waals surface area contributed by atoms with Gasteiger partial charge in [0.05, 0.1) is 19.3 Å². The first-order chi connectivity index (χ1) is 10.3. The van der Waals surface area contributed by atoms with Crippen molar-refractivity contribution in [1.82, 2.24) is 9.44 Å². The Labute approximate surface area is 126 Å². The van der Waals surface area contributed by atoms with Crippen molar-refractivity contribution in [3.05, 3.63) is 0 Å². The molecule has 2 unspecified atom stereocenters. The molecule has 0 spiro atoms. The summed E-state index contributed by atoms with van der Waals surface area (Å²) in [6.07, 6.45) is 0. The third-order valence-electron chi connectivity index (χ3n) is 2.11. The van der Waals surface area contributed by atoms with Gasteiger partial charge in [0.1, 0.15) is 12.6 Å². The number of amidine groups is 1. The zero-order valence-electron chi connectivity index (χ0n) is 11.5. The maximum absolute atomic E-state index is 11.4. The molecule has 0 aromatic heterocycles. The lowest BCUT2D eigenvalue weighted by Crippen LogP contribution is -2.48. The summed E-state index contributed by atoms with van der Waals surface area (Å²) in [4.78, 5) is 18.7. The first-order valence-electron chi connectivity index (χ1n) is 5.91. The van der Waals surface area contributed by atoms with E-state index in [9.17, 15) is 13.2 Å². The molecule has 0 rings (SSSR count). The number of aliphatic imine (C=N–C) groups is 1. The predicted molar refractivity (Wildman–Crippen MR) is 76.6 cm³/mol. The van der Waals surface area contributed by atoms with Crippen LogP contribution in [0.3, 0.4) is 0 Å². The lowest BCUT2D eigenvalue weighted by atomic mass is 10.3. The van der Waals surface area contributed by atoms with Crippen LogP contribution in [-0.4, -0.2) is 80.7 Å². The van der Waals surface area contributed by atoms with Crippen LogP contribution in [0.15, 0.2) is 10.1 Å². The molecule has 0 bridgehead atoms. The third kappa shape index (κ3) is 7.96. The highest BCUT2D eigenvalue weighted by Crippen LogP contribution is 1.90. The number of oxime groups is 1. The highest BCUT2D eigenvalue weighted by Gasteiger charge is 2.22. The van der Waals surface area contributed by atoms with Gasteiger partial charge in [0.25, 0.3) is 10.2 Å². The van der Waals surface area contributed by atoms with E-state index < -0.39 is 41.5 Å². The number of hydrogen-bond acceptors (Lipinski definition) is 8. The Bertz CT molecular complexity index is 495. The molecule has 0 aliphatic heterocycles. The van der Waals surface area contributed by atoms with Crippen molar-refractivity contribution in [1.29, 1.82) is 0 Å². The molecule has 0 fully saturated rings. The van der Waals surface area contributed by atoms with E-state index in [2.05, 4.69) is 16.9 Å². The molecule has 128 valence electrons. The van der Waals surface area contributed by atoms with E-state index in [-0.39, 0.29) is 19.0 Å². The molecule has 0 aliphatic carbocycles. The fourth-order valence-corrected chi connectivity index (χ4v) is 2.01. The van der Waals surface area contributed by atoms with Crippen LogP contribution >= 0.6 is 0 Å². The highest BCUT2D eigenvalue weighted by atomic mass is 32.2. The summed E-state index contributed by atoms with van der Waals surface area (Å²) in [5, 5.41) is 29.5. The summed E-state index contributed by atoms with van der Waals surface area (Å²) in [6, 6.07) is -2.53. The van der Waals surface area contributed by atoms with E-state index in [0.29, 0.717) is 0 Å². The molecule has 2 atom stereocenters. The second-order valence-corrected chi connectivity index (χ2v) is 5.35. The molecule has 12 nitrogen and oxygen atoms in total. The first kappa shape index (κ1) is 20.4. The Morgan fingerprint density at radius 2 is 2.00 bits per heavy atom. The van der Waals surface area contributed by atoms with Gasteiger partial charge in [-0.2, -0.15) is 17.9 Å². The van der Waals surface area contributed by atoms with Gasteiger partial charge in [0.2, 0.25) is 0 Å². The van der Waals surface area contributed by atoms with Crippen LogP contribution in [-0.2, 0) is 19.8 Å². The van der Waals surface area contributed by atoms with E-state index in [0.717, 1.165) is 0 Å². The van der Waals surface area contributed by atoms with Crippen molar-refractivity contribution < 1.29 is 33.4 Å². The number of aliphatic hydroxyl groups excluding tert-OH is 2. The van der Waals surface area contributed by atoms with E-state index in [1.807, 2.05) is 4.72 Å². The summed E-state index contributed by atoms with van der Waals surface area (Å²) >= 11 is 0. The molecule has 22 heavy (non-hydrogen) atoms. The number of aliphatic hydroxyl groups is 2. The quantitative estimate of drug-likeness (QED) is 0.0951. The van der Waals surface area contributed by atoms with Crippen molar-refractivity contribution in [3.8, 4) is 0 Å². The summed E-state index contributed by atoms with van der Waals surface area (Å²) in [5.41, 5.74) is 5.41. The summed E-state index contributed by atoms with van der Waals surface area (Å²) in [5.74, 6) is -1.58. The number of nitrogens with one attached hydrogen (secondary N) is 2. The molecule has 0 amide bonds. The molecule has 0 saturated carbocycles. The maximum Gasteiger partial charge on any atom is 0.324 e. The van der Waals surface area contributed by atoms with Gasteiger partial charge in [-0.25, -0.2) is 4.99 Å². The fraction of sp³-hybridized carbons (Fsp3) is 0.667.